The third-order valence-electron chi connectivity index (χ3n) is 2.78. The van der Waals surface area contributed by atoms with Crippen LogP contribution in [0, 0.1) is 5.92 Å². The van der Waals surface area contributed by atoms with Gasteiger partial charge in [0, 0.05) is 5.92 Å². The first-order valence-corrected chi connectivity index (χ1v) is 5.22. The third-order valence-corrected chi connectivity index (χ3v) is 2.78. The molecule has 2 rings (SSSR count). The van der Waals surface area contributed by atoms with Gasteiger partial charge in [-0.15, -0.1) is 6.58 Å². The molecule has 1 aliphatic rings. The van der Waals surface area contributed by atoms with Gasteiger partial charge in [-0.25, -0.2) is 0 Å². The molecule has 0 heterocycles. The van der Waals surface area contributed by atoms with E-state index in [9.17, 15) is 4.79 Å². The molecule has 0 N–H and O–H groups in total. The molecule has 1 atom stereocenters. The number of hydrogen-bond donors (Lipinski definition) is 0. The maximum atomic E-state index is 11.6. The molecule has 0 radical (unpaired) electrons. The molecule has 1 unspecified atom stereocenters. The molecule has 0 aromatic heterocycles. The van der Waals surface area contributed by atoms with Crippen LogP contribution in [0.5, 0.6) is 0 Å². The fourth-order valence-electron chi connectivity index (χ4n) is 1.97. The van der Waals surface area contributed by atoms with Gasteiger partial charge in [0.2, 0.25) is 0 Å². The van der Waals surface area contributed by atoms with Crippen LogP contribution in [-0.2, 0) is 4.79 Å². The minimum atomic E-state index is 0.123. The van der Waals surface area contributed by atoms with Gasteiger partial charge in [0.1, 0.15) is 0 Å². The molecule has 0 aliphatic heterocycles. The highest BCUT2D eigenvalue weighted by Gasteiger charge is 2.24. The van der Waals surface area contributed by atoms with Crippen molar-refractivity contribution >= 4 is 11.4 Å². The lowest BCUT2D eigenvalue weighted by Crippen LogP contribution is -2.04. The smallest absolute Gasteiger partial charge is 0.159 e. The van der Waals surface area contributed by atoms with Crippen LogP contribution in [0.25, 0.3) is 5.57 Å². The average Bonchev–Trinajstić information content (AvgIpc) is 2.63. The predicted molar refractivity (Wildman–Crippen MR) is 62.3 cm³/mol. The Morgan fingerprint density at radius 2 is 2.07 bits per heavy atom. The summed E-state index contributed by atoms with van der Waals surface area (Å²) in [6.07, 6.45) is 5.24. The van der Waals surface area contributed by atoms with Gasteiger partial charge in [-0.2, -0.15) is 0 Å². The maximum absolute atomic E-state index is 11.6. The highest BCUT2D eigenvalue weighted by Crippen LogP contribution is 2.31. The van der Waals surface area contributed by atoms with Crippen molar-refractivity contribution in [2.45, 2.75) is 12.8 Å². The number of rotatable bonds is 3. The fraction of sp³-hybridized carbons (Fsp3) is 0.214. The van der Waals surface area contributed by atoms with E-state index < -0.39 is 0 Å². The summed E-state index contributed by atoms with van der Waals surface area (Å²) in [5, 5.41) is 0. The van der Waals surface area contributed by atoms with Crippen LogP contribution in [0.1, 0.15) is 18.4 Å². The van der Waals surface area contributed by atoms with Gasteiger partial charge >= 0.3 is 0 Å². The Labute approximate surface area is 90.1 Å². The van der Waals surface area contributed by atoms with Crippen LogP contribution in [0.3, 0.4) is 0 Å². The largest absolute Gasteiger partial charge is 0.295 e. The number of ketones is 1. The molecule has 1 heteroatoms. The maximum Gasteiger partial charge on any atom is 0.159 e. The van der Waals surface area contributed by atoms with Gasteiger partial charge in [0.25, 0.3) is 0 Å². The van der Waals surface area contributed by atoms with Gasteiger partial charge in [0.15, 0.2) is 5.78 Å². The molecular formula is C14H14O. The number of benzene rings is 1. The SMILES string of the molecule is C=CCC1CC(c2ccccc2)=CC1=O. The number of carbonyl (C=O) groups is 1. The third kappa shape index (κ3) is 2.07. The summed E-state index contributed by atoms with van der Waals surface area (Å²) in [5.41, 5.74) is 2.32. The second-order valence-electron chi connectivity index (χ2n) is 3.86. The Hall–Kier alpha value is -1.63. The fourth-order valence-corrected chi connectivity index (χ4v) is 1.97. The number of hydrogen-bond acceptors (Lipinski definition) is 1. The van der Waals surface area contributed by atoms with Gasteiger partial charge in [-0.05, 0) is 30.1 Å². The number of carbonyl (C=O) groups excluding carboxylic acids is 1. The van der Waals surface area contributed by atoms with Crippen molar-refractivity contribution in [3.63, 3.8) is 0 Å². The molecule has 1 aliphatic carbocycles. The molecule has 0 fully saturated rings. The van der Waals surface area contributed by atoms with Crippen molar-refractivity contribution in [2.24, 2.45) is 5.92 Å². The summed E-state index contributed by atoms with van der Waals surface area (Å²) in [5.74, 6) is 0.367. The Morgan fingerprint density at radius 3 is 2.73 bits per heavy atom. The van der Waals surface area contributed by atoms with Crippen LogP contribution < -0.4 is 0 Å². The molecule has 1 nitrogen and oxygen atoms in total. The standard InChI is InChI=1S/C14H14O/c1-2-6-12-9-13(10-14(12)15)11-7-4-3-5-8-11/h2-5,7-8,10,12H,1,6,9H2. The van der Waals surface area contributed by atoms with Crippen molar-refractivity contribution in [1.82, 2.24) is 0 Å². The first-order chi connectivity index (χ1) is 7.31. The van der Waals surface area contributed by atoms with E-state index in [1.54, 1.807) is 6.08 Å². The van der Waals surface area contributed by atoms with Crippen molar-refractivity contribution in [3.8, 4) is 0 Å². The molecule has 76 valence electrons. The Bertz CT molecular complexity index is 401. The van der Waals surface area contributed by atoms with E-state index in [1.807, 2.05) is 24.3 Å². The highest BCUT2D eigenvalue weighted by atomic mass is 16.1. The highest BCUT2D eigenvalue weighted by molar-refractivity contribution is 6.03. The van der Waals surface area contributed by atoms with Crippen molar-refractivity contribution in [2.75, 3.05) is 0 Å². The van der Waals surface area contributed by atoms with Gasteiger partial charge in [-0.1, -0.05) is 36.4 Å². The van der Waals surface area contributed by atoms with Gasteiger partial charge in [-0.3, -0.25) is 4.79 Å². The summed E-state index contributed by atoms with van der Waals surface area (Å²) < 4.78 is 0. The summed E-state index contributed by atoms with van der Waals surface area (Å²) >= 11 is 0. The van der Waals surface area contributed by atoms with E-state index in [4.69, 9.17) is 0 Å². The van der Waals surface area contributed by atoms with Crippen LogP contribution in [0.15, 0.2) is 49.1 Å². The second-order valence-corrected chi connectivity index (χ2v) is 3.86. The van der Waals surface area contributed by atoms with Crippen molar-refractivity contribution < 1.29 is 4.79 Å². The molecule has 0 saturated heterocycles. The lowest BCUT2D eigenvalue weighted by Gasteiger charge is -2.05. The molecule has 1 aromatic carbocycles. The molecule has 15 heavy (non-hydrogen) atoms. The quantitative estimate of drug-likeness (QED) is 0.681. The molecule has 0 amide bonds. The average molecular weight is 198 g/mol. The van der Waals surface area contributed by atoms with E-state index in [2.05, 4.69) is 18.7 Å². The zero-order chi connectivity index (χ0) is 10.7. The number of allylic oxidation sites excluding steroid dienone is 3. The molecular weight excluding hydrogens is 184 g/mol. The summed E-state index contributed by atoms with van der Waals surface area (Å²) in [6, 6.07) is 10.1. The van der Waals surface area contributed by atoms with Crippen molar-refractivity contribution in [1.29, 1.82) is 0 Å². The minimum Gasteiger partial charge on any atom is -0.295 e. The van der Waals surface area contributed by atoms with E-state index in [0.717, 1.165) is 24.0 Å². The zero-order valence-corrected chi connectivity index (χ0v) is 8.65. The van der Waals surface area contributed by atoms with Crippen molar-refractivity contribution in [3.05, 3.63) is 54.6 Å². The first kappa shape index (κ1) is 9.91. The van der Waals surface area contributed by atoms with Crippen LogP contribution in [0.2, 0.25) is 0 Å². The lowest BCUT2D eigenvalue weighted by molar-refractivity contribution is -0.117. The Kier molecular flexibility index (Phi) is 2.82. The van der Waals surface area contributed by atoms with Crippen LogP contribution in [0.4, 0.5) is 0 Å². The van der Waals surface area contributed by atoms with E-state index in [1.165, 1.54) is 0 Å². The van der Waals surface area contributed by atoms with Crippen LogP contribution >= 0.6 is 0 Å². The topological polar surface area (TPSA) is 17.1 Å². The Balaban J connectivity index is 2.18. The van der Waals surface area contributed by atoms with E-state index in [-0.39, 0.29) is 11.7 Å². The molecule has 1 aromatic rings. The summed E-state index contributed by atoms with van der Waals surface area (Å²) in [7, 11) is 0. The minimum absolute atomic E-state index is 0.123. The zero-order valence-electron chi connectivity index (χ0n) is 8.65. The van der Waals surface area contributed by atoms with Gasteiger partial charge < -0.3 is 0 Å². The summed E-state index contributed by atoms with van der Waals surface area (Å²) in [6.45, 7) is 3.68. The van der Waals surface area contributed by atoms with Crippen LogP contribution in [-0.4, -0.2) is 5.78 Å². The van der Waals surface area contributed by atoms with Gasteiger partial charge in [0.05, 0.1) is 0 Å². The van der Waals surface area contributed by atoms with E-state index in [0.29, 0.717) is 0 Å². The molecule has 0 bridgehead atoms. The monoisotopic (exact) mass is 198 g/mol. The predicted octanol–water partition coefficient (Wildman–Crippen LogP) is 3.24. The first-order valence-electron chi connectivity index (χ1n) is 5.22. The second kappa shape index (κ2) is 4.26. The molecule has 0 saturated carbocycles. The normalized spacial score (nSPS) is 20.1. The Morgan fingerprint density at radius 1 is 1.33 bits per heavy atom. The molecule has 0 spiro atoms. The summed E-state index contributed by atoms with van der Waals surface area (Å²) in [4.78, 5) is 11.6. The van der Waals surface area contributed by atoms with E-state index >= 15 is 0 Å². The lowest BCUT2D eigenvalue weighted by atomic mass is 9.98.